The van der Waals surface area contributed by atoms with Crippen molar-refractivity contribution in [1.82, 2.24) is 15.0 Å². The highest BCUT2D eigenvalue weighted by atomic mass is 15.0. The summed E-state index contributed by atoms with van der Waals surface area (Å²) in [6, 6.07) is 22.0. The Hall–Kier alpha value is -3.14. The van der Waals surface area contributed by atoms with Crippen LogP contribution < -0.4 is 5.32 Å². The van der Waals surface area contributed by atoms with Gasteiger partial charge in [-0.3, -0.25) is 0 Å². The molecule has 2 heterocycles. The monoisotopic (exact) mass is 286 g/mol. The lowest BCUT2D eigenvalue weighted by Crippen LogP contribution is -1.92. The molecule has 0 fully saturated rings. The van der Waals surface area contributed by atoms with E-state index in [1.807, 2.05) is 66.7 Å². The van der Waals surface area contributed by atoms with Gasteiger partial charge >= 0.3 is 0 Å². The van der Waals surface area contributed by atoms with Gasteiger partial charge in [-0.25, -0.2) is 9.97 Å². The largest absolute Gasteiger partial charge is 0.340 e. The predicted molar refractivity (Wildman–Crippen MR) is 89.0 cm³/mol. The lowest BCUT2D eigenvalue weighted by Gasteiger charge is -2.05. The van der Waals surface area contributed by atoms with Crippen LogP contribution in [0, 0.1) is 0 Å². The van der Waals surface area contributed by atoms with Crippen LogP contribution in [0.3, 0.4) is 0 Å². The molecule has 4 aromatic rings. The number of nitrogens with zero attached hydrogens (tertiary/aromatic N) is 2. The fraction of sp³-hybridized carbons (Fsp3) is 0. The third kappa shape index (κ3) is 2.42. The third-order valence-corrected chi connectivity index (χ3v) is 3.49. The quantitative estimate of drug-likeness (QED) is 0.588. The molecule has 4 nitrogen and oxygen atoms in total. The molecule has 4 rings (SSSR count). The Balaban J connectivity index is 1.61. The number of fused-ring (bicyclic) bond motifs is 1. The number of aromatic nitrogens is 3. The van der Waals surface area contributed by atoms with Crippen molar-refractivity contribution in [3.05, 3.63) is 72.9 Å². The Labute approximate surface area is 127 Å². The molecule has 0 aliphatic rings. The van der Waals surface area contributed by atoms with Crippen molar-refractivity contribution in [2.75, 3.05) is 5.32 Å². The zero-order valence-corrected chi connectivity index (χ0v) is 11.8. The number of pyridine rings is 1. The van der Waals surface area contributed by atoms with Crippen molar-refractivity contribution in [1.29, 1.82) is 0 Å². The van der Waals surface area contributed by atoms with Crippen LogP contribution in [0.1, 0.15) is 0 Å². The van der Waals surface area contributed by atoms with E-state index in [1.165, 1.54) is 0 Å². The Morgan fingerprint density at radius 3 is 2.41 bits per heavy atom. The molecule has 0 atom stereocenters. The van der Waals surface area contributed by atoms with Crippen LogP contribution in [-0.2, 0) is 0 Å². The fourth-order valence-corrected chi connectivity index (χ4v) is 2.39. The lowest BCUT2D eigenvalue weighted by molar-refractivity contribution is 1.30. The minimum Gasteiger partial charge on any atom is -0.340 e. The maximum Gasteiger partial charge on any atom is 0.138 e. The van der Waals surface area contributed by atoms with Crippen molar-refractivity contribution in [3.63, 3.8) is 0 Å². The molecule has 0 saturated heterocycles. The molecule has 106 valence electrons. The van der Waals surface area contributed by atoms with Crippen molar-refractivity contribution in [3.8, 4) is 11.4 Å². The molecule has 0 bridgehead atoms. The average molecular weight is 286 g/mol. The summed E-state index contributed by atoms with van der Waals surface area (Å²) in [5.74, 6) is 1.71. The molecule has 0 aliphatic carbocycles. The number of rotatable bonds is 3. The second-order valence-corrected chi connectivity index (χ2v) is 5.02. The molecule has 2 aromatic heterocycles. The molecule has 0 aliphatic heterocycles. The van der Waals surface area contributed by atoms with Gasteiger partial charge in [0.1, 0.15) is 11.6 Å². The molecule has 4 heteroatoms. The molecule has 2 N–H and O–H groups in total. The van der Waals surface area contributed by atoms with E-state index in [4.69, 9.17) is 0 Å². The van der Waals surface area contributed by atoms with E-state index in [0.717, 1.165) is 33.9 Å². The average Bonchev–Trinajstić information content (AvgIpc) is 3.00. The first-order chi connectivity index (χ1) is 10.9. The number of hydrogen-bond acceptors (Lipinski definition) is 3. The number of imidazole rings is 1. The van der Waals surface area contributed by atoms with E-state index in [2.05, 4.69) is 20.3 Å². The summed E-state index contributed by atoms with van der Waals surface area (Å²) in [6.07, 6.45) is 1.77. The minimum absolute atomic E-state index is 0.832. The van der Waals surface area contributed by atoms with Crippen molar-refractivity contribution < 1.29 is 0 Å². The Kier molecular flexibility index (Phi) is 3.05. The van der Waals surface area contributed by atoms with Gasteiger partial charge in [-0.05, 0) is 48.5 Å². The number of benzene rings is 2. The van der Waals surface area contributed by atoms with Gasteiger partial charge in [0, 0.05) is 17.4 Å². The van der Waals surface area contributed by atoms with Crippen molar-refractivity contribution >= 4 is 22.5 Å². The van der Waals surface area contributed by atoms with E-state index in [0.29, 0.717) is 0 Å². The zero-order valence-electron chi connectivity index (χ0n) is 11.8. The summed E-state index contributed by atoms with van der Waals surface area (Å²) in [5.41, 5.74) is 4.09. The smallest absolute Gasteiger partial charge is 0.138 e. The first-order valence-electron chi connectivity index (χ1n) is 7.12. The second kappa shape index (κ2) is 5.33. The van der Waals surface area contributed by atoms with Crippen LogP contribution in [-0.4, -0.2) is 15.0 Å². The highest BCUT2D eigenvalue weighted by Crippen LogP contribution is 2.23. The maximum atomic E-state index is 4.61. The SMILES string of the molecule is c1ccc(Nc2ccc(-c3nc4ccccc4[nH]3)cc2)nc1. The molecule has 0 spiro atoms. The standard InChI is InChI=1S/C18H14N4/c1-2-6-16-15(5-1)21-18(22-16)13-8-10-14(11-9-13)20-17-7-3-4-12-19-17/h1-12H,(H,19,20)(H,21,22). The predicted octanol–water partition coefficient (Wildman–Crippen LogP) is 4.37. The van der Waals surface area contributed by atoms with E-state index in [-0.39, 0.29) is 0 Å². The van der Waals surface area contributed by atoms with Gasteiger partial charge in [0.25, 0.3) is 0 Å². The molecule has 0 saturated carbocycles. The maximum absolute atomic E-state index is 4.61. The van der Waals surface area contributed by atoms with Crippen LogP contribution >= 0.6 is 0 Å². The minimum atomic E-state index is 0.832. The Morgan fingerprint density at radius 1 is 0.818 bits per heavy atom. The molecular weight excluding hydrogens is 272 g/mol. The first-order valence-corrected chi connectivity index (χ1v) is 7.12. The summed E-state index contributed by atoms with van der Waals surface area (Å²) in [4.78, 5) is 12.2. The molecule has 0 amide bonds. The van der Waals surface area contributed by atoms with Gasteiger partial charge in [0.2, 0.25) is 0 Å². The van der Waals surface area contributed by atoms with Gasteiger partial charge < -0.3 is 10.3 Å². The molecule has 2 aromatic carbocycles. The number of para-hydroxylation sites is 2. The summed E-state index contributed by atoms with van der Waals surface area (Å²) >= 11 is 0. The number of hydrogen-bond donors (Lipinski definition) is 2. The highest BCUT2D eigenvalue weighted by molar-refractivity contribution is 5.79. The van der Waals surface area contributed by atoms with Crippen LogP contribution in [0.15, 0.2) is 72.9 Å². The van der Waals surface area contributed by atoms with E-state index < -0.39 is 0 Å². The third-order valence-electron chi connectivity index (χ3n) is 3.49. The summed E-state index contributed by atoms with van der Waals surface area (Å²) in [5, 5.41) is 3.27. The fourth-order valence-electron chi connectivity index (χ4n) is 2.39. The number of aromatic amines is 1. The number of nitrogens with one attached hydrogen (secondary N) is 2. The van der Waals surface area contributed by atoms with Gasteiger partial charge in [0.05, 0.1) is 11.0 Å². The number of anilines is 2. The van der Waals surface area contributed by atoms with Gasteiger partial charge in [-0.1, -0.05) is 18.2 Å². The molecule has 0 unspecified atom stereocenters. The van der Waals surface area contributed by atoms with Gasteiger partial charge in [-0.15, -0.1) is 0 Å². The van der Waals surface area contributed by atoms with E-state index in [1.54, 1.807) is 6.20 Å². The van der Waals surface area contributed by atoms with Crippen molar-refractivity contribution in [2.24, 2.45) is 0 Å². The molecule has 0 radical (unpaired) electrons. The van der Waals surface area contributed by atoms with Crippen LogP contribution in [0.4, 0.5) is 11.5 Å². The first kappa shape index (κ1) is 12.6. The van der Waals surface area contributed by atoms with Crippen molar-refractivity contribution in [2.45, 2.75) is 0 Å². The number of H-pyrrole nitrogens is 1. The van der Waals surface area contributed by atoms with Crippen LogP contribution in [0.5, 0.6) is 0 Å². The van der Waals surface area contributed by atoms with Crippen LogP contribution in [0.25, 0.3) is 22.4 Å². The Morgan fingerprint density at radius 2 is 1.64 bits per heavy atom. The Bertz CT molecular complexity index is 862. The molecular formula is C18H14N4. The van der Waals surface area contributed by atoms with Gasteiger partial charge in [0.15, 0.2) is 0 Å². The van der Waals surface area contributed by atoms with E-state index >= 15 is 0 Å². The van der Waals surface area contributed by atoms with Gasteiger partial charge in [-0.2, -0.15) is 0 Å². The second-order valence-electron chi connectivity index (χ2n) is 5.02. The summed E-state index contributed by atoms with van der Waals surface area (Å²) in [6.45, 7) is 0. The van der Waals surface area contributed by atoms with Crippen LogP contribution in [0.2, 0.25) is 0 Å². The summed E-state index contributed by atoms with van der Waals surface area (Å²) in [7, 11) is 0. The normalized spacial score (nSPS) is 10.7. The lowest BCUT2D eigenvalue weighted by atomic mass is 10.2. The zero-order chi connectivity index (χ0) is 14.8. The topological polar surface area (TPSA) is 53.6 Å². The van der Waals surface area contributed by atoms with E-state index in [9.17, 15) is 0 Å². The summed E-state index contributed by atoms with van der Waals surface area (Å²) < 4.78 is 0. The molecule has 22 heavy (non-hydrogen) atoms. The highest BCUT2D eigenvalue weighted by Gasteiger charge is 2.04.